The van der Waals surface area contributed by atoms with Crippen LogP contribution in [0.4, 0.5) is 10.9 Å². The topological polar surface area (TPSA) is 74.8 Å². The van der Waals surface area contributed by atoms with Crippen molar-refractivity contribution in [1.29, 1.82) is 0 Å². The summed E-state index contributed by atoms with van der Waals surface area (Å²) in [5.41, 5.74) is 5.22. The number of aromatic nitrogens is 3. The lowest BCUT2D eigenvalue weighted by molar-refractivity contribution is 0.651. The highest BCUT2D eigenvalue weighted by atomic mass is 32.1. The molecule has 0 aliphatic carbocycles. The molecular formula is C23H22N6S. The van der Waals surface area contributed by atoms with Gasteiger partial charge in [-0.25, -0.2) is 9.97 Å². The summed E-state index contributed by atoms with van der Waals surface area (Å²) in [5, 5.41) is 11.0. The van der Waals surface area contributed by atoms with Gasteiger partial charge in [-0.2, -0.15) is 0 Å². The molecule has 3 N–H and O–H groups in total. The van der Waals surface area contributed by atoms with Crippen molar-refractivity contribution >= 4 is 38.2 Å². The van der Waals surface area contributed by atoms with E-state index in [0.29, 0.717) is 6.04 Å². The van der Waals surface area contributed by atoms with Gasteiger partial charge in [-0.15, -0.1) is 0 Å². The van der Waals surface area contributed by atoms with Crippen LogP contribution in [0, 0.1) is 0 Å². The SMILES string of the molecule is C=C(NC1CCNC1)c1ccnc(Nc2nc3ccc(-c4ccncc4)cc3s2)c1. The van der Waals surface area contributed by atoms with E-state index < -0.39 is 0 Å². The summed E-state index contributed by atoms with van der Waals surface area (Å²) in [6.45, 7) is 6.22. The Hall–Kier alpha value is -3.29. The van der Waals surface area contributed by atoms with Crippen LogP contribution in [0.5, 0.6) is 0 Å². The van der Waals surface area contributed by atoms with Gasteiger partial charge in [0.1, 0.15) is 5.82 Å². The molecule has 1 unspecified atom stereocenters. The minimum atomic E-state index is 0.431. The molecule has 4 heterocycles. The van der Waals surface area contributed by atoms with E-state index >= 15 is 0 Å². The van der Waals surface area contributed by atoms with Crippen LogP contribution >= 0.6 is 11.3 Å². The van der Waals surface area contributed by atoms with Crippen LogP contribution in [-0.2, 0) is 0 Å². The number of rotatable bonds is 6. The Morgan fingerprint density at radius 1 is 1.07 bits per heavy atom. The number of benzene rings is 1. The first-order chi connectivity index (χ1) is 14.7. The van der Waals surface area contributed by atoms with Crippen molar-refractivity contribution in [1.82, 2.24) is 25.6 Å². The summed E-state index contributed by atoms with van der Waals surface area (Å²) in [7, 11) is 0. The van der Waals surface area contributed by atoms with E-state index in [2.05, 4.69) is 50.7 Å². The standard InChI is InChI=1S/C23H22N6S/c1-15(27-19-7-10-25-14-19)17-6-11-26-22(13-17)29-23-28-20-3-2-18(12-21(20)30-23)16-4-8-24-9-5-16/h2-6,8-9,11-13,19,25,27H,1,7,10,14H2,(H,26,28,29). The minimum absolute atomic E-state index is 0.431. The van der Waals surface area contributed by atoms with Gasteiger partial charge < -0.3 is 16.0 Å². The number of nitrogens with zero attached hydrogens (tertiary/aromatic N) is 3. The second kappa shape index (κ2) is 8.22. The van der Waals surface area contributed by atoms with Crippen LogP contribution in [0.3, 0.4) is 0 Å². The Bertz CT molecular complexity index is 1180. The predicted molar refractivity (Wildman–Crippen MR) is 124 cm³/mol. The first-order valence-corrected chi connectivity index (χ1v) is 10.8. The molecule has 1 fully saturated rings. The Balaban J connectivity index is 1.34. The molecule has 1 aliphatic heterocycles. The van der Waals surface area contributed by atoms with Crippen molar-refractivity contribution in [3.05, 3.63) is 73.2 Å². The third kappa shape index (κ3) is 4.03. The Morgan fingerprint density at radius 2 is 1.97 bits per heavy atom. The number of pyridine rings is 2. The molecule has 1 aromatic carbocycles. The van der Waals surface area contributed by atoms with Gasteiger partial charge >= 0.3 is 0 Å². The highest BCUT2D eigenvalue weighted by Gasteiger charge is 2.15. The fourth-order valence-electron chi connectivity index (χ4n) is 3.61. The molecule has 6 nitrogen and oxygen atoms in total. The van der Waals surface area contributed by atoms with Crippen molar-refractivity contribution in [3.63, 3.8) is 0 Å². The monoisotopic (exact) mass is 414 g/mol. The molecule has 4 aromatic rings. The minimum Gasteiger partial charge on any atom is -0.381 e. The summed E-state index contributed by atoms with van der Waals surface area (Å²) >= 11 is 1.62. The summed E-state index contributed by atoms with van der Waals surface area (Å²) in [6, 6.07) is 14.7. The van der Waals surface area contributed by atoms with Crippen LogP contribution in [-0.4, -0.2) is 34.1 Å². The van der Waals surface area contributed by atoms with Gasteiger partial charge in [-0.1, -0.05) is 24.0 Å². The van der Waals surface area contributed by atoms with E-state index in [9.17, 15) is 0 Å². The third-order valence-corrected chi connectivity index (χ3v) is 6.12. The molecule has 3 aromatic heterocycles. The molecule has 7 heteroatoms. The maximum Gasteiger partial charge on any atom is 0.189 e. The molecule has 30 heavy (non-hydrogen) atoms. The van der Waals surface area contributed by atoms with Gasteiger partial charge in [0.2, 0.25) is 0 Å². The van der Waals surface area contributed by atoms with Crippen molar-refractivity contribution < 1.29 is 0 Å². The summed E-state index contributed by atoms with van der Waals surface area (Å²) < 4.78 is 1.13. The van der Waals surface area contributed by atoms with E-state index in [1.54, 1.807) is 17.5 Å². The van der Waals surface area contributed by atoms with E-state index in [1.165, 1.54) is 0 Å². The average Bonchev–Trinajstić information content (AvgIpc) is 3.43. The normalized spacial score (nSPS) is 15.9. The average molecular weight is 415 g/mol. The Kier molecular flexibility index (Phi) is 5.13. The fourth-order valence-corrected chi connectivity index (χ4v) is 4.52. The largest absolute Gasteiger partial charge is 0.381 e. The van der Waals surface area contributed by atoms with Gasteiger partial charge in [0.15, 0.2) is 5.13 Å². The first-order valence-electron chi connectivity index (χ1n) is 9.95. The highest BCUT2D eigenvalue weighted by molar-refractivity contribution is 7.22. The van der Waals surface area contributed by atoms with Crippen molar-refractivity contribution in [2.24, 2.45) is 0 Å². The molecule has 0 saturated carbocycles. The molecule has 5 rings (SSSR count). The van der Waals surface area contributed by atoms with Gasteiger partial charge in [0.25, 0.3) is 0 Å². The Morgan fingerprint density at radius 3 is 2.80 bits per heavy atom. The Labute approximate surface area is 179 Å². The summed E-state index contributed by atoms with van der Waals surface area (Å²) in [6.07, 6.45) is 6.53. The second-order valence-electron chi connectivity index (χ2n) is 7.30. The van der Waals surface area contributed by atoms with Gasteiger partial charge in [0.05, 0.1) is 10.2 Å². The zero-order chi connectivity index (χ0) is 20.3. The summed E-state index contributed by atoms with van der Waals surface area (Å²) in [5.74, 6) is 0.758. The van der Waals surface area contributed by atoms with Crippen molar-refractivity contribution in [3.8, 4) is 11.1 Å². The number of fused-ring (bicyclic) bond motifs is 1. The zero-order valence-corrected chi connectivity index (χ0v) is 17.2. The van der Waals surface area contributed by atoms with Crippen molar-refractivity contribution in [2.45, 2.75) is 12.5 Å². The predicted octanol–water partition coefficient (Wildman–Crippen LogP) is 4.42. The van der Waals surface area contributed by atoms with E-state index in [-0.39, 0.29) is 0 Å². The first kappa shape index (κ1) is 18.7. The number of hydrogen-bond acceptors (Lipinski definition) is 7. The number of anilines is 2. The maximum atomic E-state index is 4.71. The molecule has 0 amide bonds. The van der Waals surface area contributed by atoms with Gasteiger partial charge in [0, 0.05) is 42.4 Å². The van der Waals surface area contributed by atoms with Gasteiger partial charge in [-0.3, -0.25) is 4.98 Å². The molecule has 0 bridgehead atoms. The lowest BCUT2D eigenvalue weighted by atomic mass is 10.1. The lowest BCUT2D eigenvalue weighted by Crippen LogP contribution is -2.29. The fraction of sp³-hybridized carbons (Fsp3) is 0.174. The number of hydrogen-bond donors (Lipinski definition) is 3. The van der Waals surface area contributed by atoms with Crippen LogP contribution in [0.2, 0.25) is 0 Å². The molecule has 0 radical (unpaired) electrons. The van der Waals surface area contributed by atoms with E-state index in [4.69, 9.17) is 4.98 Å². The van der Waals surface area contributed by atoms with Crippen LogP contribution in [0.25, 0.3) is 27.0 Å². The summed E-state index contributed by atoms with van der Waals surface area (Å²) in [4.78, 5) is 13.3. The third-order valence-electron chi connectivity index (χ3n) is 5.18. The second-order valence-corrected chi connectivity index (χ2v) is 8.34. The molecule has 1 atom stereocenters. The van der Waals surface area contributed by atoms with Crippen LogP contribution < -0.4 is 16.0 Å². The van der Waals surface area contributed by atoms with Gasteiger partial charge in [-0.05, 0) is 60.5 Å². The molecule has 150 valence electrons. The zero-order valence-electron chi connectivity index (χ0n) is 16.4. The van der Waals surface area contributed by atoms with Crippen LogP contribution in [0.15, 0.2) is 67.6 Å². The highest BCUT2D eigenvalue weighted by Crippen LogP contribution is 2.31. The number of thiazole rings is 1. The lowest BCUT2D eigenvalue weighted by Gasteiger charge is -2.15. The molecule has 1 aliphatic rings. The molecular weight excluding hydrogens is 392 g/mol. The number of nitrogens with one attached hydrogen (secondary N) is 3. The molecule has 1 saturated heterocycles. The molecule has 0 spiro atoms. The van der Waals surface area contributed by atoms with Crippen LogP contribution in [0.1, 0.15) is 12.0 Å². The quantitative estimate of drug-likeness (QED) is 0.434. The smallest absolute Gasteiger partial charge is 0.189 e. The van der Waals surface area contributed by atoms with E-state index in [1.807, 2.05) is 36.7 Å². The van der Waals surface area contributed by atoms with Crippen molar-refractivity contribution in [2.75, 3.05) is 18.4 Å². The maximum absolute atomic E-state index is 4.71. The van der Waals surface area contributed by atoms with E-state index in [0.717, 1.165) is 63.1 Å².